The summed E-state index contributed by atoms with van der Waals surface area (Å²) < 4.78 is 1.17. The number of phenols is 1. The van der Waals surface area contributed by atoms with Gasteiger partial charge in [-0.2, -0.15) is 0 Å². The third kappa shape index (κ3) is 3.44. The average Bonchev–Trinajstić information content (AvgIpc) is 3.06. The van der Waals surface area contributed by atoms with E-state index in [1.54, 1.807) is 35.6 Å². The van der Waals surface area contributed by atoms with Crippen molar-refractivity contribution in [2.75, 3.05) is 23.3 Å². The number of nitrogens with zero attached hydrogens (tertiary/aromatic N) is 2. The molecule has 0 radical (unpaired) electrons. The molecule has 1 fully saturated rings. The van der Waals surface area contributed by atoms with Gasteiger partial charge in [0.1, 0.15) is 5.75 Å². The van der Waals surface area contributed by atoms with Crippen LogP contribution in [0, 0.1) is 5.92 Å². The zero-order valence-corrected chi connectivity index (χ0v) is 14.5. The first-order valence-corrected chi connectivity index (χ1v) is 9.21. The predicted octanol–water partition coefficient (Wildman–Crippen LogP) is 3.86. The Bertz CT molecular complexity index is 875. The van der Waals surface area contributed by atoms with E-state index in [4.69, 9.17) is 4.98 Å². The number of hydrogen-bond acceptors (Lipinski definition) is 5. The molecule has 2 aromatic carbocycles. The molecule has 1 aliphatic heterocycles. The van der Waals surface area contributed by atoms with Gasteiger partial charge in [0, 0.05) is 24.8 Å². The molecule has 1 saturated heterocycles. The van der Waals surface area contributed by atoms with Crippen LogP contribution in [0.5, 0.6) is 5.75 Å². The molecule has 25 heavy (non-hydrogen) atoms. The molecule has 1 aromatic heterocycles. The van der Waals surface area contributed by atoms with Crippen molar-refractivity contribution in [2.24, 2.45) is 5.92 Å². The molecule has 1 atom stereocenters. The number of anilines is 2. The first kappa shape index (κ1) is 15.9. The van der Waals surface area contributed by atoms with Crippen LogP contribution in [0.4, 0.5) is 10.8 Å². The third-order valence-corrected chi connectivity index (χ3v) is 5.56. The topological polar surface area (TPSA) is 65.5 Å². The number of amides is 1. The van der Waals surface area contributed by atoms with Gasteiger partial charge in [0.25, 0.3) is 0 Å². The number of rotatable bonds is 3. The molecule has 1 unspecified atom stereocenters. The summed E-state index contributed by atoms with van der Waals surface area (Å²) in [6.45, 7) is 1.60. The molecule has 4 rings (SSSR count). The van der Waals surface area contributed by atoms with E-state index in [-0.39, 0.29) is 17.6 Å². The molecule has 128 valence electrons. The summed E-state index contributed by atoms with van der Waals surface area (Å²) in [5, 5.41) is 13.4. The Morgan fingerprint density at radius 2 is 2.12 bits per heavy atom. The molecule has 6 heteroatoms. The number of para-hydroxylation sites is 1. The van der Waals surface area contributed by atoms with Crippen LogP contribution in [0.15, 0.2) is 48.5 Å². The number of nitrogens with one attached hydrogen (secondary N) is 1. The van der Waals surface area contributed by atoms with E-state index >= 15 is 0 Å². The molecule has 1 amide bonds. The maximum absolute atomic E-state index is 12.6. The Hall–Kier alpha value is -2.60. The molecule has 0 aliphatic carbocycles. The number of aromatic nitrogens is 1. The van der Waals surface area contributed by atoms with Gasteiger partial charge in [-0.05, 0) is 37.1 Å². The van der Waals surface area contributed by atoms with Gasteiger partial charge in [-0.1, -0.05) is 29.5 Å². The highest BCUT2D eigenvalue weighted by Gasteiger charge is 2.27. The van der Waals surface area contributed by atoms with Crippen molar-refractivity contribution in [1.29, 1.82) is 0 Å². The number of aromatic hydroxyl groups is 1. The van der Waals surface area contributed by atoms with Crippen molar-refractivity contribution < 1.29 is 9.90 Å². The lowest BCUT2D eigenvalue weighted by atomic mass is 9.97. The van der Waals surface area contributed by atoms with Crippen LogP contribution in [-0.2, 0) is 4.79 Å². The highest BCUT2D eigenvalue weighted by Crippen LogP contribution is 2.31. The first-order chi connectivity index (χ1) is 12.2. The number of fused-ring (bicyclic) bond motifs is 1. The summed E-state index contributed by atoms with van der Waals surface area (Å²) in [6, 6.07) is 14.8. The lowest BCUT2D eigenvalue weighted by Crippen LogP contribution is -2.40. The molecular formula is C19H19N3O2S. The normalized spacial score (nSPS) is 17.6. The van der Waals surface area contributed by atoms with Gasteiger partial charge < -0.3 is 15.3 Å². The predicted molar refractivity (Wildman–Crippen MR) is 101 cm³/mol. The van der Waals surface area contributed by atoms with E-state index in [1.807, 2.05) is 18.2 Å². The fourth-order valence-electron chi connectivity index (χ4n) is 3.19. The minimum Gasteiger partial charge on any atom is -0.508 e. The quantitative estimate of drug-likeness (QED) is 0.750. The van der Waals surface area contributed by atoms with E-state index in [1.165, 1.54) is 4.70 Å². The summed E-state index contributed by atoms with van der Waals surface area (Å²) in [7, 11) is 0. The molecule has 3 aromatic rings. The third-order valence-electron chi connectivity index (χ3n) is 4.46. The molecular weight excluding hydrogens is 334 g/mol. The monoisotopic (exact) mass is 353 g/mol. The van der Waals surface area contributed by atoms with E-state index in [9.17, 15) is 9.90 Å². The largest absolute Gasteiger partial charge is 0.508 e. The summed E-state index contributed by atoms with van der Waals surface area (Å²) in [5.74, 6) is 0.0667. The summed E-state index contributed by atoms with van der Waals surface area (Å²) in [4.78, 5) is 19.5. The second kappa shape index (κ2) is 6.72. The zero-order valence-electron chi connectivity index (χ0n) is 13.7. The van der Waals surface area contributed by atoms with Gasteiger partial charge in [-0.25, -0.2) is 4.98 Å². The van der Waals surface area contributed by atoms with E-state index < -0.39 is 0 Å². The standard InChI is InChI=1S/C19H19N3O2S/c23-15-7-3-6-14(11-15)20-18(24)13-5-4-10-22(12-13)19-21-16-8-1-2-9-17(16)25-19/h1-3,6-9,11,13,23H,4-5,10,12H2,(H,20,24). The number of carbonyl (C=O) groups excluding carboxylic acids is 1. The summed E-state index contributed by atoms with van der Waals surface area (Å²) >= 11 is 1.67. The lowest BCUT2D eigenvalue weighted by Gasteiger charge is -2.31. The number of hydrogen-bond donors (Lipinski definition) is 2. The highest BCUT2D eigenvalue weighted by molar-refractivity contribution is 7.22. The van der Waals surface area contributed by atoms with Crippen LogP contribution in [0.2, 0.25) is 0 Å². The van der Waals surface area contributed by atoms with E-state index in [2.05, 4.69) is 16.3 Å². The number of piperidine rings is 1. The minimum absolute atomic E-state index is 0.00332. The molecule has 1 aliphatic rings. The second-order valence-corrected chi connectivity index (χ2v) is 7.30. The summed E-state index contributed by atoms with van der Waals surface area (Å²) in [5.41, 5.74) is 1.64. The Balaban J connectivity index is 1.47. The van der Waals surface area contributed by atoms with Crippen LogP contribution in [0.3, 0.4) is 0 Å². The first-order valence-electron chi connectivity index (χ1n) is 8.39. The SMILES string of the molecule is O=C(Nc1cccc(O)c1)C1CCCN(c2nc3ccccc3s2)C1. The number of benzene rings is 2. The van der Waals surface area contributed by atoms with E-state index in [0.717, 1.165) is 30.0 Å². The van der Waals surface area contributed by atoms with Crippen LogP contribution in [0.25, 0.3) is 10.2 Å². The van der Waals surface area contributed by atoms with Crippen molar-refractivity contribution in [1.82, 2.24) is 4.98 Å². The van der Waals surface area contributed by atoms with Crippen molar-refractivity contribution in [3.63, 3.8) is 0 Å². The van der Waals surface area contributed by atoms with Gasteiger partial charge in [0.05, 0.1) is 16.1 Å². The Kier molecular flexibility index (Phi) is 4.28. The number of carbonyl (C=O) groups is 1. The van der Waals surface area contributed by atoms with E-state index in [0.29, 0.717) is 12.2 Å². The van der Waals surface area contributed by atoms with Crippen molar-refractivity contribution in [3.05, 3.63) is 48.5 Å². The van der Waals surface area contributed by atoms with Gasteiger partial charge in [0.15, 0.2) is 5.13 Å². The molecule has 5 nitrogen and oxygen atoms in total. The van der Waals surface area contributed by atoms with Crippen LogP contribution in [0.1, 0.15) is 12.8 Å². The number of thiazole rings is 1. The second-order valence-electron chi connectivity index (χ2n) is 6.29. The molecule has 0 spiro atoms. The van der Waals surface area contributed by atoms with Crippen molar-refractivity contribution >= 4 is 38.3 Å². The van der Waals surface area contributed by atoms with Gasteiger partial charge in [-0.15, -0.1) is 0 Å². The maximum Gasteiger partial charge on any atom is 0.229 e. The van der Waals surface area contributed by atoms with Crippen LogP contribution >= 0.6 is 11.3 Å². The number of phenolic OH excluding ortho intramolecular Hbond substituents is 1. The fourth-order valence-corrected chi connectivity index (χ4v) is 4.19. The molecule has 0 bridgehead atoms. The van der Waals surface area contributed by atoms with Gasteiger partial charge in [-0.3, -0.25) is 4.79 Å². The van der Waals surface area contributed by atoms with Crippen molar-refractivity contribution in [3.8, 4) is 5.75 Å². The Morgan fingerprint density at radius 3 is 2.96 bits per heavy atom. The highest BCUT2D eigenvalue weighted by atomic mass is 32.1. The van der Waals surface area contributed by atoms with Gasteiger partial charge >= 0.3 is 0 Å². The average molecular weight is 353 g/mol. The Labute approximate surface area is 149 Å². The van der Waals surface area contributed by atoms with Crippen LogP contribution < -0.4 is 10.2 Å². The van der Waals surface area contributed by atoms with Crippen molar-refractivity contribution in [2.45, 2.75) is 12.8 Å². The van der Waals surface area contributed by atoms with Gasteiger partial charge in [0.2, 0.25) is 5.91 Å². The maximum atomic E-state index is 12.6. The summed E-state index contributed by atoms with van der Waals surface area (Å²) in [6.07, 6.45) is 1.83. The zero-order chi connectivity index (χ0) is 17.2. The lowest BCUT2D eigenvalue weighted by molar-refractivity contribution is -0.120. The molecule has 2 N–H and O–H groups in total. The molecule has 2 heterocycles. The minimum atomic E-state index is -0.0805. The fraction of sp³-hybridized carbons (Fsp3) is 0.263. The Morgan fingerprint density at radius 1 is 1.24 bits per heavy atom. The van der Waals surface area contributed by atoms with Crippen LogP contribution in [-0.4, -0.2) is 29.1 Å². The smallest absolute Gasteiger partial charge is 0.229 e. The molecule has 0 saturated carbocycles.